The maximum absolute atomic E-state index is 12.4. The SMILES string of the molecule is O=C(NN=C(c1ccccc1)c1ccccn1)c1ccc(Cl)cc1Cl. The predicted molar refractivity (Wildman–Crippen MR) is 100 cm³/mol. The van der Waals surface area contributed by atoms with E-state index < -0.39 is 5.91 Å². The number of carbonyl (C=O) groups excluding carboxylic acids is 1. The number of amides is 1. The zero-order chi connectivity index (χ0) is 17.6. The Balaban J connectivity index is 1.93. The standard InChI is InChI=1S/C19H13Cl2N3O/c20-14-9-10-15(16(21)12-14)19(25)24-23-18(13-6-2-1-3-7-13)17-8-4-5-11-22-17/h1-12H,(H,24,25). The van der Waals surface area contributed by atoms with Crippen LogP contribution in [-0.4, -0.2) is 16.6 Å². The first-order chi connectivity index (χ1) is 12.1. The molecule has 0 bridgehead atoms. The Hall–Kier alpha value is -2.69. The smallest absolute Gasteiger partial charge is 0.267 e. The van der Waals surface area contributed by atoms with Gasteiger partial charge in [-0.2, -0.15) is 5.10 Å². The van der Waals surface area contributed by atoms with Crippen LogP contribution in [0.3, 0.4) is 0 Å². The molecule has 1 heterocycles. The third-order valence-electron chi connectivity index (χ3n) is 3.40. The van der Waals surface area contributed by atoms with Crippen LogP contribution in [0, 0.1) is 0 Å². The highest BCUT2D eigenvalue weighted by Crippen LogP contribution is 2.20. The van der Waals surface area contributed by atoms with Gasteiger partial charge in [0.05, 0.1) is 16.3 Å². The fraction of sp³-hybridized carbons (Fsp3) is 0. The van der Waals surface area contributed by atoms with Gasteiger partial charge in [-0.25, -0.2) is 5.43 Å². The van der Waals surface area contributed by atoms with Gasteiger partial charge in [-0.05, 0) is 30.3 Å². The van der Waals surface area contributed by atoms with Crippen molar-refractivity contribution in [1.82, 2.24) is 10.4 Å². The molecule has 3 aromatic rings. The summed E-state index contributed by atoms with van der Waals surface area (Å²) >= 11 is 11.9. The predicted octanol–water partition coefficient (Wildman–Crippen LogP) is 4.57. The van der Waals surface area contributed by atoms with Crippen molar-refractivity contribution in [3.05, 3.63) is 99.8 Å². The number of hydrogen-bond acceptors (Lipinski definition) is 3. The van der Waals surface area contributed by atoms with E-state index in [4.69, 9.17) is 23.2 Å². The van der Waals surface area contributed by atoms with E-state index in [1.54, 1.807) is 18.3 Å². The molecule has 0 aliphatic carbocycles. The first-order valence-electron chi connectivity index (χ1n) is 7.45. The minimum absolute atomic E-state index is 0.263. The van der Waals surface area contributed by atoms with Gasteiger partial charge in [0.15, 0.2) is 0 Å². The van der Waals surface area contributed by atoms with Gasteiger partial charge in [-0.15, -0.1) is 0 Å². The van der Waals surface area contributed by atoms with Crippen LogP contribution in [0.4, 0.5) is 0 Å². The number of pyridine rings is 1. The van der Waals surface area contributed by atoms with E-state index in [1.807, 2.05) is 48.5 Å². The summed E-state index contributed by atoms with van der Waals surface area (Å²) in [6.45, 7) is 0. The van der Waals surface area contributed by atoms with Crippen molar-refractivity contribution in [3.8, 4) is 0 Å². The first kappa shape index (κ1) is 17.1. The summed E-state index contributed by atoms with van der Waals surface area (Å²) < 4.78 is 0. The van der Waals surface area contributed by atoms with E-state index in [2.05, 4.69) is 15.5 Å². The van der Waals surface area contributed by atoms with Crippen molar-refractivity contribution in [1.29, 1.82) is 0 Å². The maximum atomic E-state index is 12.4. The molecule has 124 valence electrons. The molecule has 1 amide bonds. The Morgan fingerprint density at radius 3 is 2.40 bits per heavy atom. The summed E-state index contributed by atoms with van der Waals surface area (Å²) in [5.41, 5.74) is 4.87. The van der Waals surface area contributed by atoms with Crippen LogP contribution in [-0.2, 0) is 0 Å². The molecule has 0 aliphatic heterocycles. The zero-order valence-electron chi connectivity index (χ0n) is 13.0. The third kappa shape index (κ3) is 4.24. The van der Waals surface area contributed by atoms with Gasteiger partial charge in [0.1, 0.15) is 5.71 Å². The molecule has 0 unspecified atom stereocenters. The third-order valence-corrected chi connectivity index (χ3v) is 3.95. The van der Waals surface area contributed by atoms with Crippen LogP contribution in [0.2, 0.25) is 10.0 Å². The molecule has 0 saturated heterocycles. The lowest BCUT2D eigenvalue weighted by Crippen LogP contribution is -2.21. The number of hydrazone groups is 1. The number of hydrogen-bond donors (Lipinski definition) is 1. The van der Waals surface area contributed by atoms with Gasteiger partial charge in [-0.3, -0.25) is 9.78 Å². The average molecular weight is 370 g/mol. The molecule has 1 N–H and O–H groups in total. The monoisotopic (exact) mass is 369 g/mol. The molecular formula is C19H13Cl2N3O. The number of nitrogens with one attached hydrogen (secondary N) is 1. The molecule has 2 aromatic carbocycles. The van der Waals surface area contributed by atoms with Gasteiger partial charge in [0.2, 0.25) is 0 Å². The van der Waals surface area contributed by atoms with Crippen LogP contribution < -0.4 is 5.43 Å². The number of nitrogens with zero attached hydrogens (tertiary/aromatic N) is 2. The van der Waals surface area contributed by atoms with Crippen molar-refractivity contribution in [2.45, 2.75) is 0 Å². The molecule has 4 nitrogen and oxygen atoms in total. The van der Waals surface area contributed by atoms with Gasteiger partial charge in [0, 0.05) is 16.8 Å². The minimum atomic E-state index is -0.425. The Morgan fingerprint density at radius 2 is 1.72 bits per heavy atom. The van der Waals surface area contributed by atoms with Gasteiger partial charge >= 0.3 is 0 Å². The average Bonchev–Trinajstić information content (AvgIpc) is 2.63. The highest BCUT2D eigenvalue weighted by Gasteiger charge is 2.12. The van der Waals surface area contributed by atoms with Crippen LogP contribution >= 0.6 is 23.2 Å². The quantitative estimate of drug-likeness (QED) is 0.540. The number of halogens is 2. The van der Waals surface area contributed by atoms with E-state index >= 15 is 0 Å². The fourth-order valence-corrected chi connectivity index (χ4v) is 2.70. The molecule has 0 radical (unpaired) electrons. The van der Waals surface area contributed by atoms with Crippen molar-refractivity contribution in [3.63, 3.8) is 0 Å². The number of carbonyl (C=O) groups is 1. The molecule has 6 heteroatoms. The lowest BCUT2D eigenvalue weighted by atomic mass is 10.1. The van der Waals surface area contributed by atoms with E-state index in [0.717, 1.165) is 5.56 Å². The lowest BCUT2D eigenvalue weighted by molar-refractivity contribution is 0.0955. The summed E-state index contributed by atoms with van der Waals surface area (Å²) in [6.07, 6.45) is 1.67. The van der Waals surface area contributed by atoms with Crippen LogP contribution in [0.5, 0.6) is 0 Å². The molecule has 0 aliphatic rings. The van der Waals surface area contributed by atoms with Gasteiger partial charge in [0.25, 0.3) is 5.91 Å². The van der Waals surface area contributed by atoms with Crippen molar-refractivity contribution >= 4 is 34.8 Å². The van der Waals surface area contributed by atoms with Gasteiger partial charge < -0.3 is 0 Å². The second kappa shape index (κ2) is 7.92. The van der Waals surface area contributed by atoms with Crippen LogP contribution in [0.15, 0.2) is 78.0 Å². The van der Waals surface area contributed by atoms with Crippen LogP contribution in [0.1, 0.15) is 21.6 Å². The van der Waals surface area contributed by atoms with E-state index in [9.17, 15) is 4.79 Å². The number of benzene rings is 2. The second-order valence-corrected chi connectivity index (χ2v) is 5.95. The molecular weight excluding hydrogens is 357 g/mol. The van der Waals surface area contributed by atoms with Crippen LogP contribution in [0.25, 0.3) is 0 Å². The van der Waals surface area contributed by atoms with E-state index in [-0.39, 0.29) is 5.02 Å². The first-order valence-corrected chi connectivity index (χ1v) is 8.20. The highest BCUT2D eigenvalue weighted by molar-refractivity contribution is 6.36. The summed E-state index contributed by atoms with van der Waals surface area (Å²) in [4.78, 5) is 16.7. The fourth-order valence-electron chi connectivity index (χ4n) is 2.21. The largest absolute Gasteiger partial charge is 0.272 e. The number of rotatable bonds is 4. The number of aromatic nitrogens is 1. The summed E-state index contributed by atoms with van der Waals surface area (Å²) in [5, 5.41) is 4.99. The Morgan fingerprint density at radius 1 is 0.960 bits per heavy atom. The highest BCUT2D eigenvalue weighted by atomic mass is 35.5. The molecule has 0 saturated carbocycles. The normalized spacial score (nSPS) is 11.2. The topological polar surface area (TPSA) is 54.4 Å². The Kier molecular flexibility index (Phi) is 5.43. The van der Waals surface area contributed by atoms with Gasteiger partial charge in [-0.1, -0.05) is 59.6 Å². The summed E-state index contributed by atoms with van der Waals surface area (Å²) in [5.74, 6) is -0.425. The molecule has 0 atom stereocenters. The van der Waals surface area contributed by atoms with Crippen molar-refractivity contribution in [2.75, 3.05) is 0 Å². The molecule has 0 fully saturated rings. The molecule has 1 aromatic heterocycles. The zero-order valence-corrected chi connectivity index (χ0v) is 14.5. The molecule has 3 rings (SSSR count). The molecule has 0 spiro atoms. The van der Waals surface area contributed by atoms with Crippen molar-refractivity contribution < 1.29 is 4.79 Å². The lowest BCUT2D eigenvalue weighted by Gasteiger charge is -2.08. The Bertz CT molecular complexity index is 871. The maximum Gasteiger partial charge on any atom is 0.272 e. The minimum Gasteiger partial charge on any atom is -0.267 e. The van der Waals surface area contributed by atoms with E-state index in [0.29, 0.717) is 22.0 Å². The van der Waals surface area contributed by atoms with E-state index in [1.165, 1.54) is 6.07 Å². The van der Waals surface area contributed by atoms with Crippen molar-refractivity contribution in [2.24, 2.45) is 5.10 Å². The Labute approximate surface area is 155 Å². The summed E-state index contributed by atoms with van der Waals surface area (Å²) in [6, 6.07) is 19.7. The molecule has 25 heavy (non-hydrogen) atoms. The second-order valence-electron chi connectivity index (χ2n) is 5.11. The summed E-state index contributed by atoms with van der Waals surface area (Å²) in [7, 11) is 0.